The molecule has 0 radical (unpaired) electrons. The van der Waals surface area contributed by atoms with Gasteiger partial charge in [0.25, 0.3) is 0 Å². The first-order chi connectivity index (χ1) is 36.5. The van der Waals surface area contributed by atoms with Gasteiger partial charge in [0.2, 0.25) is 0 Å². The molecule has 0 aliphatic carbocycles. The summed E-state index contributed by atoms with van der Waals surface area (Å²) in [5.41, 5.74) is 16.3. The molecule has 410 valence electrons. The number of benzene rings is 2. The van der Waals surface area contributed by atoms with Crippen LogP contribution in [0.25, 0.3) is 66.1 Å². The van der Waals surface area contributed by atoms with E-state index in [1.165, 1.54) is 17.8 Å². The van der Waals surface area contributed by atoms with E-state index in [4.69, 9.17) is 63.2 Å². The number of aromatic nitrogens is 12. The van der Waals surface area contributed by atoms with Gasteiger partial charge in [0.1, 0.15) is 68.6 Å². The van der Waals surface area contributed by atoms with Gasteiger partial charge in [-0.15, -0.1) is 0 Å². The van der Waals surface area contributed by atoms with Gasteiger partial charge in [-0.2, -0.15) is 0 Å². The zero-order valence-electron chi connectivity index (χ0n) is 42.5. The van der Waals surface area contributed by atoms with Crippen LogP contribution in [-0.4, -0.2) is 73.5 Å². The van der Waals surface area contributed by atoms with Gasteiger partial charge in [0, 0.05) is 191 Å². The fourth-order valence-electron chi connectivity index (χ4n) is 8.00. The van der Waals surface area contributed by atoms with Crippen LogP contribution in [-0.2, 0) is 141 Å². The van der Waals surface area contributed by atoms with Crippen LogP contribution >= 0.6 is 11.6 Å². The Labute approximate surface area is 490 Å². The normalized spacial score (nSPS) is 10.5. The standard InChI is InChI=1S/C23H24N6O2.C17H15ClN4O2.C5H9N3.CH4.S13/c1-11-21(12(2)31-28-11)17-8-18-16(9-20(17)30-6)22-19(25-13(3)26-23(22)27-18)7-15-10-24-14(4)29(15)5;1-7-14(8(2)24-22-7)11-5-12-10(6-13(11)23-4)15-16(18)19-9(3)20-17(15)21-12;1-4-7-3-5(6)8(4)2;;1-3-5-7-9-11-13-12-10-8-6-4-2/h8-10H,7H2,1-6H3,(H,25,26,27);5-6H,1-4H3,(H,19,20,21);3H,6H2,1-2H3;1H4;. The largest absolute Gasteiger partial charge is 0.496 e. The first-order valence-corrected chi connectivity index (χ1v) is 38.4. The SMILES string of the molecule is C.COc1cc2c(cc1-c1c(C)noc1C)[nH]c1nc(C)nc(Cc3cnc(C)n3C)c12.COc1cc2c(cc1-c1c(C)noc1C)[nH]c1nc(C)nc(Cl)c12.Cc1ncc(N)n1C.S=S=S=S=S=S=S=S=S=S=S=S=S. The fourth-order valence-corrected chi connectivity index (χ4v) is 33.0. The Bertz CT molecular complexity index is 4250. The first-order valence-electron chi connectivity index (χ1n) is 22.1. The maximum absolute atomic E-state index is 6.33. The molecule has 0 aliphatic rings. The van der Waals surface area contributed by atoms with Gasteiger partial charge in [-0.25, -0.2) is 29.9 Å². The average molecular weight is 1300 g/mol. The number of halogens is 1. The van der Waals surface area contributed by atoms with Crippen LogP contribution in [0.3, 0.4) is 0 Å². The van der Waals surface area contributed by atoms with Crippen LogP contribution in [0.2, 0.25) is 5.15 Å². The number of nitrogen functional groups attached to an aromatic ring is 1. The van der Waals surface area contributed by atoms with E-state index in [0.29, 0.717) is 28.9 Å². The van der Waals surface area contributed by atoms with Gasteiger partial charge in [-0.1, -0.05) is 29.3 Å². The lowest BCUT2D eigenvalue weighted by molar-refractivity contribution is 0.393. The highest BCUT2D eigenvalue weighted by atomic mass is 35.5. The summed E-state index contributed by atoms with van der Waals surface area (Å²) >= 11 is 15.7. The van der Waals surface area contributed by atoms with Crippen molar-refractivity contribution >= 4 is 181 Å². The second-order valence-corrected chi connectivity index (χ2v) is 36.0. The zero-order chi connectivity index (χ0) is 54.8. The number of nitrogens with two attached hydrogens (primary N) is 1. The molecule has 4 N–H and O–H groups in total. The highest BCUT2D eigenvalue weighted by Crippen LogP contribution is 2.42. The van der Waals surface area contributed by atoms with Crippen LogP contribution in [0.4, 0.5) is 5.82 Å². The van der Waals surface area contributed by atoms with Crippen molar-refractivity contribution in [2.45, 2.75) is 69.2 Å². The minimum absolute atomic E-state index is 0. The van der Waals surface area contributed by atoms with Gasteiger partial charge < -0.3 is 43.4 Å². The summed E-state index contributed by atoms with van der Waals surface area (Å²) in [4.78, 5) is 33.3. The molecule has 0 saturated heterocycles. The van der Waals surface area contributed by atoms with E-state index in [9.17, 15) is 0 Å². The van der Waals surface area contributed by atoms with Crippen molar-refractivity contribution in [1.82, 2.24) is 59.3 Å². The monoisotopic (exact) mass is 1300 g/mol. The van der Waals surface area contributed by atoms with Crippen molar-refractivity contribution < 1.29 is 18.5 Å². The fraction of sp³-hybridized carbons (Fsp3) is 0.304. The number of nitrogens with one attached hydrogen (secondary N) is 2. The molecule has 0 atom stereocenters. The lowest BCUT2D eigenvalue weighted by Crippen LogP contribution is -2.03. The minimum Gasteiger partial charge on any atom is -0.496 e. The number of anilines is 1. The van der Waals surface area contributed by atoms with Crippen LogP contribution in [0.1, 0.15) is 65.0 Å². The van der Waals surface area contributed by atoms with Crippen molar-refractivity contribution in [3.63, 3.8) is 0 Å². The van der Waals surface area contributed by atoms with Crippen LogP contribution in [0.15, 0.2) is 45.7 Å². The van der Waals surface area contributed by atoms with Crippen LogP contribution in [0.5, 0.6) is 11.5 Å². The predicted molar refractivity (Wildman–Crippen MR) is 346 cm³/mol. The summed E-state index contributed by atoms with van der Waals surface area (Å²) in [5, 5.41) is 12.3. The average Bonchev–Trinajstić information content (AvgIpc) is 4.32. The molecule has 8 heterocycles. The number of fused-ring (bicyclic) bond motifs is 6. The topological polar surface area (TPSA) is 215 Å². The lowest BCUT2D eigenvalue weighted by Gasteiger charge is -2.10. The summed E-state index contributed by atoms with van der Waals surface area (Å²) in [6.45, 7) is 15.3. The van der Waals surface area contributed by atoms with Gasteiger partial charge in [-0.05, 0) is 79.7 Å². The van der Waals surface area contributed by atoms with Gasteiger partial charge in [-0.3, -0.25) is 0 Å². The number of hydrogen-bond donors (Lipinski definition) is 3. The Morgan fingerprint density at radius 2 is 1.05 bits per heavy atom. The summed E-state index contributed by atoms with van der Waals surface area (Å²) < 4.78 is 26.0. The molecule has 2 aromatic carbocycles. The van der Waals surface area contributed by atoms with Gasteiger partial charge in [0.05, 0.1) is 54.0 Å². The van der Waals surface area contributed by atoms with Gasteiger partial charge >= 0.3 is 0 Å². The second-order valence-electron chi connectivity index (χ2n) is 16.1. The maximum atomic E-state index is 6.33. The van der Waals surface area contributed by atoms with Crippen molar-refractivity contribution in [3.05, 3.63) is 99.4 Å². The summed E-state index contributed by atoms with van der Waals surface area (Å²) in [7, 11) is 25.3. The Morgan fingerprint density at radius 3 is 1.44 bits per heavy atom. The molecule has 8 aromatic heterocycles. The number of H-pyrrole nitrogens is 2. The molecule has 0 saturated carbocycles. The van der Waals surface area contributed by atoms with E-state index in [-0.39, 0.29) is 7.43 Å². The third-order valence-corrected chi connectivity index (χ3v) is 34.1. The smallest absolute Gasteiger partial charge is 0.143 e. The van der Waals surface area contributed by atoms with E-state index < -0.39 is 0 Å². The molecule has 0 amide bonds. The quantitative estimate of drug-likeness (QED) is 0.132. The molecule has 31 heteroatoms. The number of hydrogen-bond acceptors (Lipinski definition) is 15. The summed E-state index contributed by atoms with van der Waals surface area (Å²) in [6, 6.07) is 8.08. The number of aromatic amines is 2. The van der Waals surface area contributed by atoms with Crippen molar-refractivity contribution in [2.24, 2.45) is 14.1 Å². The molecule has 0 aliphatic heterocycles. The second kappa shape index (κ2) is 28.6. The number of imidazole rings is 2. The Morgan fingerprint density at radius 1 is 0.610 bits per heavy atom. The van der Waals surface area contributed by atoms with Crippen LogP contribution in [0, 0.1) is 55.4 Å². The predicted octanol–water partition coefficient (Wildman–Crippen LogP) is 9.60. The summed E-state index contributed by atoms with van der Waals surface area (Å²) in [6.07, 6.45) is 4.22. The van der Waals surface area contributed by atoms with Gasteiger partial charge in [0.15, 0.2) is 0 Å². The third-order valence-electron chi connectivity index (χ3n) is 11.6. The van der Waals surface area contributed by atoms with E-state index in [0.717, 1.165) is 124 Å². The molecule has 0 unspecified atom stereocenters. The molecule has 17 nitrogen and oxygen atoms in total. The Balaban J connectivity index is 0.000000184. The number of rotatable bonds is 6. The number of methoxy groups -OCH3 is 2. The number of nitrogens with zero attached hydrogens (tertiary/aromatic N) is 10. The zero-order valence-corrected chi connectivity index (χ0v) is 53.9. The number of ether oxygens (including phenoxy) is 2. The molecule has 0 bridgehead atoms. The highest BCUT2D eigenvalue weighted by Gasteiger charge is 2.22. The molecule has 10 rings (SSSR count). The van der Waals surface area contributed by atoms with E-state index in [1.807, 2.05) is 98.4 Å². The summed E-state index contributed by atoms with van der Waals surface area (Å²) in [5.74, 6) is 6.96. The highest BCUT2D eigenvalue weighted by molar-refractivity contribution is 8.75. The third kappa shape index (κ3) is 14.7. The van der Waals surface area contributed by atoms with E-state index in [1.54, 1.807) is 100 Å². The Kier molecular flexibility index (Phi) is 23.0. The van der Waals surface area contributed by atoms with E-state index >= 15 is 0 Å². The van der Waals surface area contributed by atoms with Crippen LogP contribution < -0.4 is 15.2 Å². The van der Waals surface area contributed by atoms with Crippen molar-refractivity contribution in [3.8, 4) is 33.8 Å². The maximum Gasteiger partial charge on any atom is 0.143 e. The molecular formula is C46H52ClN13O4S13. The van der Waals surface area contributed by atoms with E-state index in [2.05, 4.69) is 55.8 Å². The van der Waals surface area contributed by atoms with Crippen molar-refractivity contribution in [1.29, 1.82) is 0 Å². The van der Waals surface area contributed by atoms with Crippen molar-refractivity contribution in [2.75, 3.05) is 20.0 Å². The molecule has 0 spiro atoms. The molecule has 0 fully saturated rings. The molecular weight excluding hydrogens is 1250 g/mol. The first kappa shape index (κ1) is 61.8. The minimum atomic E-state index is 0. The molecule has 77 heavy (non-hydrogen) atoms. The molecule has 10 aromatic rings. The lowest BCUT2D eigenvalue weighted by atomic mass is 10.00. The number of aryl methyl sites for hydroxylation is 8. The Hall–Kier alpha value is -4.41.